The van der Waals surface area contributed by atoms with Crippen LogP contribution >= 0.6 is 0 Å². The Labute approximate surface area is 98.3 Å². The molecule has 0 aliphatic carbocycles. The summed E-state index contributed by atoms with van der Waals surface area (Å²) in [4.78, 5) is 16.7. The Morgan fingerprint density at radius 1 is 1.47 bits per heavy atom. The van der Waals surface area contributed by atoms with E-state index in [1.807, 2.05) is 36.0 Å². The van der Waals surface area contributed by atoms with E-state index in [2.05, 4.69) is 10.6 Å². The number of rotatable bonds is 1. The minimum Gasteiger partial charge on any atom is -0.274 e. The fraction of sp³-hybridized carbons (Fsp3) is 0.333. The second kappa shape index (κ2) is 3.85. The molecule has 1 N–H and O–H groups in total. The number of para-hydroxylation sites is 1. The molecule has 1 fully saturated rings. The van der Waals surface area contributed by atoms with Crippen LogP contribution in [-0.2, 0) is 16.7 Å². The largest absolute Gasteiger partial charge is 0.274 e. The van der Waals surface area contributed by atoms with Gasteiger partial charge < -0.3 is 0 Å². The molecule has 1 atom stereocenters. The Balaban J connectivity index is 2.13. The number of carbonyl (C=O) groups is 1. The molecule has 0 spiro atoms. The van der Waals surface area contributed by atoms with Gasteiger partial charge in [0.05, 0.1) is 23.7 Å². The molecule has 0 radical (unpaired) electrons. The number of nitrogens with zero attached hydrogens (tertiary/aromatic N) is 2. The first kappa shape index (κ1) is 10.3. The summed E-state index contributed by atoms with van der Waals surface area (Å²) in [5, 5.41) is 5.50. The van der Waals surface area contributed by atoms with Crippen molar-refractivity contribution in [3.63, 3.8) is 0 Å². The number of nitrogens with one attached hydrogen (secondary N) is 1. The van der Waals surface area contributed by atoms with Gasteiger partial charge in [-0.25, -0.2) is 5.48 Å². The van der Waals surface area contributed by atoms with Crippen molar-refractivity contribution in [2.45, 2.75) is 12.3 Å². The summed E-state index contributed by atoms with van der Waals surface area (Å²) in [6.45, 7) is 0.529. The van der Waals surface area contributed by atoms with Crippen molar-refractivity contribution in [2.24, 2.45) is 7.05 Å². The highest BCUT2D eigenvalue weighted by Gasteiger charge is 2.28. The van der Waals surface area contributed by atoms with Crippen LogP contribution in [0.3, 0.4) is 0 Å². The van der Waals surface area contributed by atoms with Crippen molar-refractivity contribution in [1.82, 2.24) is 15.3 Å². The van der Waals surface area contributed by atoms with Crippen LogP contribution in [0.25, 0.3) is 10.9 Å². The molecule has 1 aromatic heterocycles. The molecule has 0 saturated carbocycles. The van der Waals surface area contributed by atoms with Crippen molar-refractivity contribution >= 4 is 16.8 Å². The Hall–Kier alpha value is -1.88. The average Bonchev–Trinajstić information content (AvgIpc) is 2.68. The third kappa shape index (κ3) is 1.59. The minimum absolute atomic E-state index is 0.111. The predicted octanol–water partition coefficient (Wildman–Crippen LogP) is 1.11. The van der Waals surface area contributed by atoms with Crippen LogP contribution in [0.4, 0.5) is 0 Å². The van der Waals surface area contributed by atoms with E-state index in [4.69, 9.17) is 4.84 Å². The highest BCUT2D eigenvalue weighted by molar-refractivity contribution is 5.90. The van der Waals surface area contributed by atoms with Gasteiger partial charge in [0.25, 0.3) is 5.91 Å². The van der Waals surface area contributed by atoms with Crippen LogP contribution in [0.15, 0.2) is 24.3 Å². The van der Waals surface area contributed by atoms with Gasteiger partial charge >= 0.3 is 0 Å². The molecule has 2 aromatic rings. The second-order valence-electron chi connectivity index (χ2n) is 4.18. The quantitative estimate of drug-likeness (QED) is 0.799. The fourth-order valence-corrected chi connectivity index (χ4v) is 2.26. The summed E-state index contributed by atoms with van der Waals surface area (Å²) in [7, 11) is 1.89. The van der Waals surface area contributed by atoms with Crippen molar-refractivity contribution in [1.29, 1.82) is 0 Å². The van der Waals surface area contributed by atoms with Crippen molar-refractivity contribution < 1.29 is 9.63 Å². The summed E-state index contributed by atoms with van der Waals surface area (Å²) >= 11 is 0. The van der Waals surface area contributed by atoms with Gasteiger partial charge in [-0.15, -0.1) is 0 Å². The monoisotopic (exact) mass is 231 g/mol. The molecular formula is C12H13N3O2. The number of hydrogen-bond donors (Lipinski definition) is 1. The molecule has 1 amide bonds. The van der Waals surface area contributed by atoms with E-state index in [-0.39, 0.29) is 11.8 Å². The summed E-state index contributed by atoms with van der Waals surface area (Å²) in [5.41, 5.74) is 4.30. The van der Waals surface area contributed by atoms with Crippen LogP contribution in [0, 0.1) is 0 Å². The molecule has 17 heavy (non-hydrogen) atoms. The molecule has 0 bridgehead atoms. The van der Waals surface area contributed by atoms with E-state index in [1.165, 1.54) is 0 Å². The molecule has 1 unspecified atom stereocenters. The van der Waals surface area contributed by atoms with Crippen molar-refractivity contribution in [3.05, 3.63) is 30.0 Å². The fourth-order valence-electron chi connectivity index (χ4n) is 2.26. The molecule has 1 aliphatic rings. The van der Waals surface area contributed by atoms with Gasteiger partial charge in [-0.1, -0.05) is 18.2 Å². The first-order valence-corrected chi connectivity index (χ1v) is 5.60. The molecule has 1 saturated heterocycles. The van der Waals surface area contributed by atoms with Crippen molar-refractivity contribution in [3.8, 4) is 0 Å². The number of aryl methyl sites for hydroxylation is 1. The molecule has 3 rings (SSSR count). The summed E-state index contributed by atoms with van der Waals surface area (Å²) < 4.78 is 1.81. The van der Waals surface area contributed by atoms with Gasteiger partial charge in [-0.3, -0.25) is 14.3 Å². The van der Waals surface area contributed by atoms with Crippen LogP contribution in [0.2, 0.25) is 0 Å². The van der Waals surface area contributed by atoms with E-state index in [0.717, 1.165) is 16.6 Å². The third-order valence-corrected chi connectivity index (χ3v) is 3.11. The van der Waals surface area contributed by atoms with E-state index in [9.17, 15) is 4.79 Å². The number of amides is 1. The van der Waals surface area contributed by atoms with Gasteiger partial charge in [0.2, 0.25) is 0 Å². The first-order valence-electron chi connectivity index (χ1n) is 5.60. The number of aromatic nitrogens is 2. The normalized spacial score (nSPS) is 20.5. The molecule has 5 nitrogen and oxygen atoms in total. The molecule has 2 heterocycles. The lowest BCUT2D eigenvalue weighted by atomic mass is 9.97. The lowest BCUT2D eigenvalue weighted by molar-refractivity contribution is -0.141. The maximum absolute atomic E-state index is 11.8. The lowest BCUT2D eigenvalue weighted by Crippen LogP contribution is -2.36. The van der Waals surface area contributed by atoms with Gasteiger partial charge in [-0.2, -0.15) is 5.10 Å². The van der Waals surface area contributed by atoms with Crippen molar-refractivity contribution in [2.75, 3.05) is 6.61 Å². The summed E-state index contributed by atoms with van der Waals surface area (Å²) in [6.07, 6.45) is 0.673. The number of carbonyl (C=O) groups excluding carboxylic acids is 1. The van der Waals surface area contributed by atoms with E-state index < -0.39 is 0 Å². The lowest BCUT2D eigenvalue weighted by Gasteiger charge is -2.20. The zero-order chi connectivity index (χ0) is 11.8. The smallest absolute Gasteiger partial charge is 0.252 e. The molecule has 5 heteroatoms. The van der Waals surface area contributed by atoms with Crippen LogP contribution in [0.5, 0.6) is 0 Å². The Bertz CT molecular complexity index is 576. The third-order valence-electron chi connectivity index (χ3n) is 3.11. The number of fused-ring (bicyclic) bond motifs is 1. The average molecular weight is 231 g/mol. The zero-order valence-corrected chi connectivity index (χ0v) is 9.51. The maximum atomic E-state index is 11.8. The van der Waals surface area contributed by atoms with Gasteiger partial charge in [0.1, 0.15) is 0 Å². The SMILES string of the molecule is Cn1nc(C2CCONC2=O)c2ccccc21. The second-order valence-corrected chi connectivity index (χ2v) is 4.18. The van der Waals surface area contributed by atoms with E-state index in [1.54, 1.807) is 0 Å². The first-order chi connectivity index (χ1) is 8.27. The topological polar surface area (TPSA) is 56.1 Å². The van der Waals surface area contributed by atoms with E-state index >= 15 is 0 Å². The predicted molar refractivity (Wildman–Crippen MR) is 62.2 cm³/mol. The van der Waals surface area contributed by atoms with Gasteiger partial charge in [0.15, 0.2) is 0 Å². The summed E-state index contributed by atoms with van der Waals surface area (Å²) in [5.74, 6) is -0.324. The Kier molecular flexibility index (Phi) is 2.33. The van der Waals surface area contributed by atoms with Crippen LogP contribution in [0.1, 0.15) is 18.0 Å². The number of hydroxylamine groups is 1. The number of benzene rings is 1. The molecular weight excluding hydrogens is 218 g/mol. The Morgan fingerprint density at radius 3 is 3.12 bits per heavy atom. The zero-order valence-electron chi connectivity index (χ0n) is 9.51. The minimum atomic E-state index is -0.213. The van der Waals surface area contributed by atoms with Gasteiger partial charge in [-0.05, 0) is 12.5 Å². The van der Waals surface area contributed by atoms with Crippen LogP contribution < -0.4 is 5.48 Å². The summed E-state index contributed by atoms with van der Waals surface area (Å²) in [6, 6.07) is 7.94. The van der Waals surface area contributed by atoms with Crippen LogP contribution in [-0.4, -0.2) is 22.3 Å². The highest BCUT2D eigenvalue weighted by atomic mass is 16.7. The standard InChI is InChI=1S/C12H13N3O2/c1-15-10-5-3-2-4-8(10)11(13-15)9-6-7-17-14-12(9)16/h2-5,9H,6-7H2,1H3,(H,14,16). The highest BCUT2D eigenvalue weighted by Crippen LogP contribution is 2.28. The molecule has 88 valence electrons. The van der Waals surface area contributed by atoms with E-state index in [0.29, 0.717) is 13.0 Å². The molecule has 1 aromatic carbocycles. The number of hydrogen-bond acceptors (Lipinski definition) is 3. The molecule has 1 aliphatic heterocycles. The Morgan fingerprint density at radius 2 is 2.29 bits per heavy atom. The van der Waals surface area contributed by atoms with Gasteiger partial charge in [0, 0.05) is 12.4 Å². The maximum Gasteiger partial charge on any atom is 0.252 e.